The van der Waals surface area contributed by atoms with Crippen LogP contribution in [0.1, 0.15) is 16.1 Å². The lowest BCUT2D eigenvalue weighted by molar-refractivity contribution is 0.0600. The Hall–Kier alpha value is -2.56. The summed E-state index contributed by atoms with van der Waals surface area (Å²) in [4.78, 5) is 17.7. The highest BCUT2D eigenvalue weighted by atomic mass is 16.5. The highest BCUT2D eigenvalue weighted by molar-refractivity contribution is 5.88. The number of hydrogen-bond acceptors (Lipinski definition) is 5. The Morgan fingerprint density at radius 3 is 2.38 bits per heavy atom. The highest BCUT2D eigenvalue weighted by Crippen LogP contribution is 2.19. The Labute approximate surface area is 124 Å². The third kappa shape index (κ3) is 3.72. The predicted octanol–water partition coefficient (Wildman–Crippen LogP) is 2.51. The molecule has 110 valence electrons. The molecule has 1 aromatic carbocycles. The van der Waals surface area contributed by atoms with Gasteiger partial charge in [0, 0.05) is 18.9 Å². The van der Waals surface area contributed by atoms with Crippen LogP contribution in [0.15, 0.2) is 42.6 Å². The number of hydrogen-bond donors (Lipinski definition) is 0. The fraction of sp³-hybridized carbons (Fsp3) is 0.250. The number of aromatic nitrogens is 1. The number of benzene rings is 1. The molecule has 0 amide bonds. The quantitative estimate of drug-likeness (QED) is 0.790. The van der Waals surface area contributed by atoms with Gasteiger partial charge in [-0.3, -0.25) is 4.98 Å². The topological polar surface area (TPSA) is 51.7 Å². The zero-order valence-corrected chi connectivity index (χ0v) is 12.4. The molecule has 0 N–H and O–H groups in total. The van der Waals surface area contributed by atoms with Gasteiger partial charge in [0.05, 0.1) is 32.0 Å². The van der Waals surface area contributed by atoms with Crippen LogP contribution in [-0.4, -0.2) is 32.2 Å². The van der Waals surface area contributed by atoms with Crippen molar-refractivity contribution < 1.29 is 14.3 Å². The molecule has 5 heteroatoms. The van der Waals surface area contributed by atoms with E-state index in [1.807, 2.05) is 37.4 Å². The van der Waals surface area contributed by atoms with E-state index in [-0.39, 0.29) is 5.97 Å². The Morgan fingerprint density at radius 2 is 1.86 bits per heavy atom. The first kappa shape index (κ1) is 14.8. The number of carbonyl (C=O) groups is 1. The van der Waals surface area contributed by atoms with Gasteiger partial charge in [0.2, 0.25) is 0 Å². The number of ether oxygens (including phenoxy) is 2. The van der Waals surface area contributed by atoms with E-state index < -0.39 is 0 Å². The van der Waals surface area contributed by atoms with Gasteiger partial charge in [-0.15, -0.1) is 0 Å². The van der Waals surface area contributed by atoms with Crippen molar-refractivity contribution in [2.75, 3.05) is 26.2 Å². The summed E-state index contributed by atoms with van der Waals surface area (Å²) >= 11 is 0. The van der Waals surface area contributed by atoms with Crippen molar-refractivity contribution in [3.8, 4) is 5.75 Å². The molecule has 1 heterocycles. The van der Waals surface area contributed by atoms with Crippen molar-refractivity contribution in [2.24, 2.45) is 0 Å². The van der Waals surface area contributed by atoms with Crippen LogP contribution in [0.5, 0.6) is 5.75 Å². The monoisotopic (exact) mass is 286 g/mol. The van der Waals surface area contributed by atoms with E-state index in [0.717, 1.165) is 17.1 Å². The minimum Gasteiger partial charge on any atom is -0.497 e. The molecule has 0 bridgehead atoms. The Morgan fingerprint density at radius 1 is 1.14 bits per heavy atom. The fourth-order valence-corrected chi connectivity index (χ4v) is 1.93. The van der Waals surface area contributed by atoms with Crippen molar-refractivity contribution in [1.29, 1.82) is 0 Å². The summed E-state index contributed by atoms with van der Waals surface area (Å²) in [5.74, 6) is 0.449. The van der Waals surface area contributed by atoms with Crippen LogP contribution in [0, 0.1) is 0 Å². The summed E-state index contributed by atoms with van der Waals surface area (Å²) in [7, 11) is 4.98. The molecule has 2 rings (SSSR count). The second-order valence-electron chi connectivity index (χ2n) is 4.58. The fourth-order valence-electron chi connectivity index (χ4n) is 1.93. The van der Waals surface area contributed by atoms with E-state index in [2.05, 4.69) is 14.6 Å². The lowest BCUT2D eigenvalue weighted by Gasteiger charge is -2.19. The van der Waals surface area contributed by atoms with Crippen molar-refractivity contribution in [3.63, 3.8) is 0 Å². The van der Waals surface area contributed by atoms with Crippen molar-refractivity contribution in [3.05, 3.63) is 53.9 Å². The molecule has 0 saturated heterocycles. The maximum atomic E-state index is 11.3. The molecular weight excluding hydrogens is 268 g/mol. The van der Waals surface area contributed by atoms with Crippen molar-refractivity contribution in [2.45, 2.75) is 6.54 Å². The number of carbonyl (C=O) groups excluding carboxylic acids is 1. The van der Waals surface area contributed by atoms with Crippen LogP contribution in [0.3, 0.4) is 0 Å². The molecule has 1 aromatic heterocycles. The van der Waals surface area contributed by atoms with E-state index in [9.17, 15) is 4.79 Å². The van der Waals surface area contributed by atoms with Crippen LogP contribution in [0.2, 0.25) is 0 Å². The molecule has 21 heavy (non-hydrogen) atoms. The van der Waals surface area contributed by atoms with Crippen LogP contribution in [-0.2, 0) is 11.3 Å². The SMILES string of the molecule is COC(=O)c1ccc(CN(C)c2ccc(OC)cc2)nc1. The smallest absolute Gasteiger partial charge is 0.339 e. The zero-order valence-electron chi connectivity index (χ0n) is 12.4. The second kappa shape index (κ2) is 6.74. The Kier molecular flexibility index (Phi) is 4.77. The minimum absolute atomic E-state index is 0.377. The molecule has 0 fully saturated rings. The molecule has 0 aliphatic rings. The number of nitrogens with zero attached hydrogens (tertiary/aromatic N) is 2. The van der Waals surface area contributed by atoms with Gasteiger partial charge >= 0.3 is 5.97 Å². The first-order chi connectivity index (χ1) is 10.1. The van der Waals surface area contributed by atoms with Crippen molar-refractivity contribution in [1.82, 2.24) is 4.98 Å². The lowest BCUT2D eigenvalue weighted by atomic mass is 10.2. The number of methoxy groups -OCH3 is 2. The molecule has 0 unspecified atom stereocenters. The normalized spacial score (nSPS) is 10.0. The molecule has 5 nitrogen and oxygen atoms in total. The van der Waals surface area contributed by atoms with Gasteiger partial charge in [-0.1, -0.05) is 0 Å². The van der Waals surface area contributed by atoms with Gasteiger partial charge in [0.1, 0.15) is 5.75 Å². The van der Waals surface area contributed by atoms with E-state index in [1.165, 1.54) is 13.3 Å². The third-order valence-corrected chi connectivity index (χ3v) is 3.16. The van der Waals surface area contributed by atoms with E-state index >= 15 is 0 Å². The van der Waals surface area contributed by atoms with Crippen LogP contribution in [0.4, 0.5) is 5.69 Å². The molecule has 0 atom stereocenters. The molecule has 0 aliphatic heterocycles. The second-order valence-corrected chi connectivity index (χ2v) is 4.58. The summed E-state index contributed by atoms with van der Waals surface area (Å²) in [6.45, 7) is 0.647. The van der Waals surface area contributed by atoms with Crippen LogP contribution >= 0.6 is 0 Å². The summed E-state index contributed by atoms with van der Waals surface area (Å²) in [5.41, 5.74) is 2.39. The maximum Gasteiger partial charge on any atom is 0.339 e. The molecule has 0 spiro atoms. The molecular formula is C16H18N2O3. The first-order valence-corrected chi connectivity index (χ1v) is 6.52. The largest absolute Gasteiger partial charge is 0.497 e. The van der Waals surface area contributed by atoms with Gasteiger partial charge in [-0.25, -0.2) is 4.79 Å². The highest BCUT2D eigenvalue weighted by Gasteiger charge is 2.07. The third-order valence-electron chi connectivity index (χ3n) is 3.16. The van der Waals surface area contributed by atoms with Crippen LogP contribution < -0.4 is 9.64 Å². The summed E-state index contributed by atoms with van der Waals surface area (Å²) < 4.78 is 9.79. The molecule has 0 saturated carbocycles. The van der Waals surface area contributed by atoms with Gasteiger partial charge in [-0.05, 0) is 36.4 Å². The first-order valence-electron chi connectivity index (χ1n) is 6.52. The van der Waals surface area contributed by atoms with Gasteiger partial charge in [0.15, 0.2) is 0 Å². The molecule has 0 radical (unpaired) electrons. The number of anilines is 1. The van der Waals surface area contributed by atoms with Gasteiger partial charge < -0.3 is 14.4 Å². The number of esters is 1. The minimum atomic E-state index is -0.377. The summed E-state index contributed by atoms with van der Waals surface area (Å²) in [5, 5.41) is 0. The predicted molar refractivity (Wildman–Crippen MR) is 80.7 cm³/mol. The van der Waals surface area contributed by atoms with E-state index in [4.69, 9.17) is 4.74 Å². The van der Waals surface area contributed by atoms with Crippen molar-refractivity contribution >= 4 is 11.7 Å². The Bertz CT molecular complexity index is 594. The lowest BCUT2D eigenvalue weighted by Crippen LogP contribution is -2.17. The van der Waals surface area contributed by atoms with Crippen LogP contribution in [0.25, 0.3) is 0 Å². The van der Waals surface area contributed by atoms with E-state index in [0.29, 0.717) is 12.1 Å². The average Bonchev–Trinajstić information content (AvgIpc) is 2.55. The zero-order chi connectivity index (χ0) is 15.2. The average molecular weight is 286 g/mol. The summed E-state index contributed by atoms with van der Waals surface area (Å²) in [6.07, 6.45) is 1.53. The van der Waals surface area contributed by atoms with Gasteiger partial charge in [-0.2, -0.15) is 0 Å². The maximum absolute atomic E-state index is 11.3. The van der Waals surface area contributed by atoms with E-state index in [1.54, 1.807) is 13.2 Å². The van der Waals surface area contributed by atoms with Gasteiger partial charge in [0.25, 0.3) is 0 Å². The summed E-state index contributed by atoms with van der Waals surface area (Å²) in [6, 6.07) is 11.4. The number of rotatable bonds is 5. The molecule has 0 aliphatic carbocycles. The molecule has 2 aromatic rings. The number of pyridine rings is 1. The standard InChI is InChI=1S/C16H18N2O3/c1-18(14-6-8-15(20-2)9-7-14)11-13-5-4-12(10-17-13)16(19)21-3/h4-10H,11H2,1-3H3. The Balaban J connectivity index is 2.04.